The Morgan fingerprint density at radius 2 is 2.30 bits per heavy atom. The quantitative estimate of drug-likeness (QED) is 0.280. The van der Waals surface area contributed by atoms with Gasteiger partial charge in [0.15, 0.2) is 0 Å². The Kier molecular flexibility index (Phi) is 4.86. The molecule has 0 saturated carbocycles. The lowest BCUT2D eigenvalue weighted by molar-refractivity contribution is 0.577. The summed E-state index contributed by atoms with van der Waals surface area (Å²) >= 11 is 0. The van der Waals surface area contributed by atoms with Crippen LogP contribution in [0.15, 0.2) is 30.2 Å². The van der Waals surface area contributed by atoms with Crippen molar-refractivity contribution in [3.63, 3.8) is 0 Å². The topological polar surface area (TPSA) is 62.4 Å². The van der Waals surface area contributed by atoms with E-state index in [2.05, 4.69) is 29.1 Å². The zero-order valence-electron chi connectivity index (χ0n) is 5.75. The van der Waals surface area contributed by atoms with Gasteiger partial charge in [-0.2, -0.15) is 5.10 Å². The van der Waals surface area contributed by atoms with Gasteiger partial charge < -0.3 is 11.1 Å². The molecule has 4 nitrogen and oxygen atoms in total. The molecule has 0 aliphatic heterocycles. The van der Waals surface area contributed by atoms with E-state index in [1.54, 1.807) is 12.3 Å². The molecule has 56 valence electrons. The number of nitrogens with one attached hydrogen (secondary N) is 2. The van der Waals surface area contributed by atoms with Gasteiger partial charge in [0.05, 0.1) is 0 Å². The summed E-state index contributed by atoms with van der Waals surface area (Å²) in [5, 5.41) is 6.29. The molecular weight excluding hydrogens is 128 g/mol. The number of hydrogen-bond donors (Lipinski definition) is 3. The van der Waals surface area contributed by atoms with Crippen molar-refractivity contribution in [2.45, 2.75) is 6.17 Å². The second-order valence-corrected chi connectivity index (χ2v) is 1.52. The van der Waals surface area contributed by atoms with Crippen LogP contribution in [0.2, 0.25) is 0 Å². The van der Waals surface area contributed by atoms with Crippen LogP contribution in [0.3, 0.4) is 0 Å². The van der Waals surface area contributed by atoms with E-state index < -0.39 is 0 Å². The molecule has 4 N–H and O–H groups in total. The van der Waals surface area contributed by atoms with Crippen LogP contribution >= 0.6 is 0 Å². The monoisotopic (exact) mass is 140 g/mol. The van der Waals surface area contributed by atoms with Crippen molar-refractivity contribution in [3.8, 4) is 0 Å². The van der Waals surface area contributed by atoms with Crippen molar-refractivity contribution >= 4 is 6.72 Å². The van der Waals surface area contributed by atoms with Crippen LogP contribution in [0, 0.1) is 0 Å². The minimum Gasteiger partial charge on any atom is -0.405 e. The third-order valence-corrected chi connectivity index (χ3v) is 0.831. The summed E-state index contributed by atoms with van der Waals surface area (Å²) in [5.74, 6) is 0. The van der Waals surface area contributed by atoms with Crippen molar-refractivity contribution < 1.29 is 0 Å². The Labute approximate surface area is 60.5 Å². The van der Waals surface area contributed by atoms with Crippen LogP contribution in [0.1, 0.15) is 0 Å². The average Bonchev–Trinajstić information content (AvgIpc) is 1.90. The van der Waals surface area contributed by atoms with Gasteiger partial charge in [0, 0.05) is 6.72 Å². The van der Waals surface area contributed by atoms with Crippen LogP contribution in [0.4, 0.5) is 0 Å². The molecule has 0 bridgehead atoms. The molecule has 0 aromatic rings. The van der Waals surface area contributed by atoms with Gasteiger partial charge in [-0.1, -0.05) is 6.58 Å². The predicted octanol–water partition coefficient (Wildman–Crippen LogP) is -0.277. The van der Waals surface area contributed by atoms with E-state index >= 15 is 0 Å². The Hall–Kier alpha value is -1.45. The summed E-state index contributed by atoms with van der Waals surface area (Å²) in [6.07, 6.45) is 4.53. The number of nitrogens with two attached hydrogens (primary N) is 1. The standard InChI is InChI=1S/C6H12N4/c1-3-9-6(4-5-7)10-8-2/h3-6,9-10H,1-2,7H2/b5-4+. The van der Waals surface area contributed by atoms with E-state index in [4.69, 9.17) is 5.73 Å². The molecule has 0 radical (unpaired) electrons. The summed E-state index contributed by atoms with van der Waals surface area (Å²) in [6.45, 7) is 6.73. The maximum atomic E-state index is 5.13. The van der Waals surface area contributed by atoms with Crippen LogP contribution in [0.5, 0.6) is 0 Å². The molecule has 4 heteroatoms. The molecule has 0 rings (SSSR count). The van der Waals surface area contributed by atoms with Gasteiger partial charge in [0.25, 0.3) is 0 Å². The second kappa shape index (κ2) is 5.68. The molecule has 0 aliphatic carbocycles. The zero-order chi connectivity index (χ0) is 7.82. The summed E-state index contributed by atoms with van der Waals surface area (Å²) in [5.41, 5.74) is 7.78. The van der Waals surface area contributed by atoms with Crippen molar-refractivity contribution in [2.24, 2.45) is 10.8 Å². The highest BCUT2D eigenvalue weighted by atomic mass is 15.3. The number of hydrazone groups is 1. The molecule has 1 unspecified atom stereocenters. The van der Waals surface area contributed by atoms with E-state index in [0.29, 0.717) is 0 Å². The SMILES string of the molecule is C=CNC(/C=C/N)NN=C. The van der Waals surface area contributed by atoms with Gasteiger partial charge in [-0.15, -0.1) is 0 Å². The van der Waals surface area contributed by atoms with Crippen LogP contribution in [0.25, 0.3) is 0 Å². The first kappa shape index (κ1) is 8.55. The molecule has 10 heavy (non-hydrogen) atoms. The smallest absolute Gasteiger partial charge is 0.133 e. The molecule has 1 atom stereocenters. The highest BCUT2D eigenvalue weighted by Crippen LogP contribution is 1.78. The maximum absolute atomic E-state index is 5.13. The van der Waals surface area contributed by atoms with Crippen LogP contribution in [-0.2, 0) is 0 Å². The molecule has 0 fully saturated rings. The Morgan fingerprint density at radius 3 is 2.70 bits per heavy atom. The normalized spacial score (nSPS) is 12.4. The number of nitrogens with zero attached hydrogens (tertiary/aromatic N) is 1. The number of hydrogen-bond acceptors (Lipinski definition) is 4. The largest absolute Gasteiger partial charge is 0.405 e. The van der Waals surface area contributed by atoms with Crippen molar-refractivity contribution in [3.05, 3.63) is 25.1 Å². The molecule has 0 amide bonds. The lowest BCUT2D eigenvalue weighted by Crippen LogP contribution is -2.34. The fourth-order valence-electron chi connectivity index (χ4n) is 0.472. The molecular formula is C6H12N4. The zero-order valence-corrected chi connectivity index (χ0v) is 5.75. The van der Waals surface area contributed by atoms with Crippen molar-refractivity contribution in [1.82, 2.24) is 10.7 Å². The molecule has 0 heterocycles. The summed E-state index contributed by atoms with van der Waals surface area (Å²) < 4.78 is 0. The predicted molar refractivity (Wildman–Crippen MR) is 43.1 cm³/mol. The van der Waals surface area contributed by atoms with Gasteiger partial charge in [-0.05, 0) is 18.5 Å². The van der Waals surface area contributed by atoms with Crippen LogP contribution in [-0.4, -0.2) is 12.9 Å². The van der Waals surface area contributed by atoms with Crippen molar-refractivity contribution in [2.75, 3.05) is 0 Å². The molecule has 0 aliphatic rings. The molecule has 0 aromatic carbocycles. The van der Waals surface area contributed by atoms with Crippen LogP contribution < -0.4 is 16.5 Å². The highest BCUT2D eigenvalue weighted by molar-refractivity contribution is 5.22. The third-order valence-electron chi connectivity index (χ3n) is 0.831. The minimum atomic E-state index is -0.125. The Balaban J connectivity index is 3.70. The van der Waals surface area contributed by atoms with Crippen molar-refractivity contribution in [1.29, 1.82) is 0 Å². The first-order valence-electron chi connectivity index (χ1n) is 2.81. The van der Waals surface area contributed by atoms with Gasteiger partial charge in [0.2, 0.25) is 0 Å². The summed E-state index contributed by atoms with van der Waals surface area (Å²) in [6, 6.07) is 0. The van der Waals surface area contributed by atoms with Gasteiger partial charge in [0.1, 0.15) is 6.17 Å². The summed E-state index contributed by atoms with van der Waals surface area (Å²) in [4.78, 5) is 0. The summed E-state index contributed by atoms with van der Waals surface area (Å²) in [7, 11) is 0. The molecule has 0 saturated heterocycles. The molecule has 0 spiro atoms. The average molecular weight is 140 g/mol. The second-order valence-electron chi connectivity index (χ2n) is 1.52. The third kappa shape index (κ3) is 3.54. The fourth-order valence-corrected chi connectivity index (χ4v) is 0.472. The first-order valence-corrected chi connectivity index (χ1v) is 2.81. The fraction of sp³-hybridized carbons (Fsp3) is 0.167. The minimum absolute atomic E-state index is 0.125. The molecule has 0 aromatic heterocycles. The van der Waals surface area contributed by atoms with Gasteiger partial charge in [-0.3, -0.25) is 5.43 Å². The van der Waals surface area contributed by atoms with E-state index in [0.717, 1.165) is 0 Å². The Bertz CT molecular complexity index is 120. The number of rotatable bonds is 5. The van der Waals surface area contributed by atoms with Gasteiger partial charge >= 0.3 is 0 Å². The van der Waals surface area contributed by atoms with E-state index in [9.17, 15) is 0 Å². The van der Waals surface area contributed by atoms with E-state index in [1.807, 2.05) is 0 Å². The lowest BCUT2D eigenvalue weighted by Gasteiger charge is -2.10. The highest BCUT2D eigenvalue weighted by Gasteiger charge is 1.93. The van der Waals surface area contributed by atoms with E-state index in [1.165, 1.54) is 6.20 Å². The van der Waals surface area contributed by atoms with E-state index in [-0.39, 0.29) is 6.17 Å². The lowest BCUT2D eigenvalue weighted by atomic mass is 10.5. The Morgan fingerprint density at radius 1 is 1.60 bits per heavy atom. The van der Waals surface area contributed by atoms with Gasteiger partial charge in [-0.25, -0.2) is 0 Å². The first-order chi connectivity index (χ1) is 4.85. The maximum Gasteiger partial charge on any atom is 0.133 e.